The number of amides is 1. The number of fused-ring (bicyclic) bond motifs is 1. The Morgan fingerprint density at radius 3 is 2.79 bits per heavy atom. The lowest BCUT2D eigenvalue weighted by atomic mass is 10.0. The summed E-state index contributed by atoms with van der Waals surface area (Å²) in [6.45, 7) is 1.32. The fourth-order valence-electron chi connectivity index (χ4n) is 1.91. The van der Waals surface area contributed by atoms with Crippen LogP contribution in [0.1, 0.15) is 16.0 Å². The molecule has 0 fully saturated rings. The van der Waals surface area contributed by atoms with Crippen molar-refractivity contribution in [1.29, 1.82) is 5.26 Å². The Morgan fingerprint density at radius 1 is 1.53 bits per heavy atom. The molecule has 0 unspecified atom stereocenters. The highest BCUT2D eigenvalue weighted by atomic mass is 32.1. The number of likely N-dealkylation sites (N-methyl/N-ethyl adjacent to an activating group) is 1. The topological polar surface area (TPSA) is 56.1 Å². The van der Waals surface area contributed by atoms with Crippen LogP contribution in [0.2, 0.25) is 0 Å². The fourth-order valence-corrected chi connectivity index (χ4v) is 3.18. The molecule has 1 aromatic rings. The molecule has 102 valence electrons. The number of carbonyl (C=O) groups excluding carboxylic acids is 1. The normalized spacial score (nSPS) is 15.7. The van der Waals surface area contributed by atoms with Gasteiger partial charge in [0.1, 0.15) is 11.1 Å². The van der Waals surface area contributed by atoms with Crippen molar-refractivity contribution in [1.82, 2.24) is 4.90 Å². The van der Waals surface area contributed by atoms with E-state index in [1.54, 1.807) is 5.32 Å². The van der Waals surface area contributed by atoms with Crippen LogP contribution in [0.15, 0.2) is 0 Å². The van der Waals surface area contributed by atoms with E-state index >= 15 is 0 Å². The van der Waals surface area contributed by atoms with Gasteiger partial charge in [-0.1, -0.05) is 0 Å². The van der Waals surface area contributed by atoms with E-state index in [0.717, 1.165) is 28.3 Å². The van der Waals surface area contributed by atoms with Crippen LogP contribution in [0, 0.1) is 11.3 Å². The van der Waals surface area contributed by atoms with Gasteiger partial charge in [0.25, 0.3) is 0 Å². The molecule has 1 amide bonds. The molecule has 19 heavy (non-hydrogen) atoms. The van der Waals surface area contributed by atoms with E-state index in [1.807, 2.05) is 18.0 Å². The van der Waals surface area contributed by atoms with Gasteiger partial charge in [-0.3, -0.25) is 4.79 Å². The SMILES string of the molecule is CN1CCc2c(sc(NC(=O)C(F)(F)F)c2C#N)C1. The molecule has 2 heterocycles. The lowest BCUT2D eigenvalue weighted by molar-refractivity contribution is -0.167. The van der Waals surface area contributed by atoms with Crippen molar-refractivity contribution in [3.05, 3.63) is 16.0 Å². The monoisotopic (exact) mass is 289 g/mol. The van der Waals surface area contributed by atoms with E-state index in [-0.39, 0.29) is 10.6 Å². The highest BCUT2D eigenvalue weighted by molar-refractivity contribution is 7.16. The summed E-state index contributed by atoms with van der Waals surface area (Å²) in [6.07, 6.45) is -4.35. The third kappa shape index (κ3) is 2.72. The van der Waals surface area contributed by atoms with Crippen LogP contribution in [-0.4, -0.2) is 30.6 Å². The molecule has 0 spiro atoms. The van der Waals surface area contributed by atoms with Crippen LogP contribution < -0.4 is 5.32 Å². The second-order valence-electron chi connectivity index (χ2n) is 4.26. The number of thiophene rings is 1. The number of rotatable bonds is 1. The first kappa shape index (κ1) is 13.8. The van der Waals surface area contributed by atoms with Gasteiger partial charge in [-0.05, 0) is 19.0 Å². The van der Waals surface area contributed by atoms with Crippen LogP contribution in [0.3, 0.4) is 0 Å². The van der Waals surface area contributed by atoms with E-state index in [1.165, 1.54) is 0 Å². The van der Waals surface area contributed by atoms with Gasteiger partial charge in [0.05, 0.1) is 5.56 Å². The Labute approximate surface area is 111 Å². The molecule has 1 aliphatic rings. The van der Waals surface area contributed by atoms with Gasteiger partial charge >= 0.3 is 12.1 Å². The van der Waals surface area contributed by atoms with E-state index in [2.05, 4.69) is 0 Å². The second kappa shape index (κ2) is 4.83. The summed E-state index contributed by atoms with van der Waals surface area (Å²) in [5, 5.41) is 10.8. The zero-order valence-corrected chi connectivity index (χ0v) is 10.8. The van der Waals surface area contributed by atoms with Gasteiger partial charge in [0.15, 0.2) is 0 Å². The number of nitrogens with one attached hydrogen (secondary N) is 1. The highest BCUT2D eigenvalue weighted by Gasteiger charge is 2.39. The summed E-state index contributed by atoms with van der Waals surface area (Å²) < 4.78 is 36.7. The Balaban J connectivity index is 2.33. The molecule has 1 N–H and O–H groups in total. The number of nitrogens with zero attached hydrogens (tertiary/aromatic N) is 2. The quantitative estimate of drug-likeness (QED) is 0.861. The first-order chi connectivity index (χ1) is 8.82. The lowest BCUT2D eigenvalue weighted by Crippen LogP contribution is -2.29. The molecular weight excluding hydrogens is 279 g/mol. The van der Waals surface area contributed by atoms with Crippen molar-refractivity contribution >= 4 is 22.2 Å². The summed E-state index contributed by atoms with van der Waals surface area (Å²) in [5.41, 5.74) is 0.911. The fraction of sp³-hybridized carbons (Fsp3) is 0.455. The third-order valence-electron chi connectivity index (χ3n) is 2.84. The molecule has 0 atom stereocenters. The molecule has 0 saturated carbocycles. The molecule has 1 aromatic heterocycles. The lowest BCUT2D eigenvalue weighted by Gasteiger charge is -2.21. The van der Waals surface area contributed by atoms with Crippen molar-refractivity contribution in [2.45, 2.75) is 19.1 Å². The first-order valence-corrected chi connectivity index (χ1v) is 6.26. The zero-order chi connectivity index (χ0) is 14.2. The van der Waals surface area contributed by atoms with Crippen LogP contribution in [0.25, 0.3) is 0 Å². The number of nitriles is 1. The van der Waals surface area contributed by atoms with Crippen LogP contribution in [-0.2, 0) is 17.8 Å². The van der Waals surface area contributed by atoms with Crippen molar-refractivity contribution in [2.75, 3.05) is 18.9 Å². The molecule has 0 aromatic carbocycles. The molecular formula is C11H10F3N3OS. The number of carbonyl (C=O) groups is 1. The van der Waals surface area contributed by atoms with Crippen molar-refractivity contribution < 1.29 is 18.0 Å². The van der Waals surface area contributed by atoms with Crippen LogP contribution >= 0.6 is 11.3 Å². The molecule has 0 aliphatic carbocycles. The maximum Gasteiger partial charge on any atom is 0.471 e. The molecule has 2 rings (SSSR count). The van der Waals surface area contributed by atoms with Gasteiger partial charge < -0.3 is 10.2 Å². The van der Waals surface area contributed by atoms with Gasteiger partial charge in [-0.15, -0.1) is 11.3 Å². The average molecular weight is 289 g/mol. The smallest absolute Gasteiger partial charge is 0.309 e. The Morgan fingerprint density at radius 2 is 2.21 bits per heavy atom. The average Bonchev–Trinajstić information content (AvgIpc) is 2.63. The highest BCUT2D eigenvalue weighted by Crippen LogP contribution is 2.36. The molecule has 8 heteroatoms. The second-order valence-corrected chi connectivity index (χ2v) is 5.36. The maximum absolute atomic E-state index is 12.2. The number of hydrogen-bond acceptors (Lipinski definition) is 4. The Kier molecular flexibility index (Phi) is 3.52. The van der Waals surface area contributed by atoms with Crippen LogP contribution in [0.4, 0.5) is 18.2 Å². The molecule has 0 radical (unpaired) electrons. The predicted octanol–water partition coefficient (Wildman–Crippen LogP) is 2.11. The molecule has 1 aliphatic heterocycles. The maximum atomic E-state index is 12.2. The number of halogens is 3. The number of hydrogen-bond donors (Lipinski definition) is 1. The predicted molar refractivity (Wildman–Crippen MR) is 63.8 cm³/mol. The Hall–Kier alpha value is -1.59. The number of anilines is 1. The largest absolute Gasteiger partial charge is 0.471 e. The zero-order valence-electron chi connectivity index (χ0n) is 9.97. The molecule has 0 saturated heterocycles. The molecule has 0 bridgehead atoms. The third-order valence-corrected chi connectivity index (χ3v) is 3.98. The van der Waals surface area contributed by atoms with Gasteiger partial charge in [-0.2, -0.15) is 18.4 Å². The van der Waals surface area contributed by atoms with Gasteiger partial charge in [-0.25, -0.2) is 0 Å². The van der Waals surface area contributed by atoms with E-state index in [0.29, 0.717) is 13.0 Å². The minimum Gasteiger partial charge on any atom is -0.309 e. The van der Waals surface area contributed by atoms with Gasteiger partial charge in [0.2, 0.25) is 0 Å². The van der Waals surface area contributed by atoms with Crippen molar-refractivity contribution in [3.63, 3.8) is 0 Å². The van der Waals surface area contributed by atoms with Crippen molar-refractivity contribution in [3.8, 4) is 6.07 Å². The van der Waals surface area contributed by atoms with E-state index in [9.17, 15) is 18.0 Å². The van der Waals surface area contributed by atoms with E-state index in [4.69, 9.17) is 5.26 Å². The van der Waals surface area contributed by atoms with Gasteiger partial charge in [0, 0.05) is 18.0 Å². The molecule has 4 nitrogen and oxygen atoms in total. The minimum absolute atomic E-state index is 0.00914. The standard InChI is InChI=1S/C11H10F3N3OS/c1-17-3-2-6-7(4-15)9(19-8(6)5-17)16-10(18)11(12,13)14/h2-3,5H2,1H3,(H,16,18). The Bertz CT molecular complexity index is 559. The van der Waals surface area contributed by atoms with E-state index < -0.39 is 12.1 Å². The van der Waals surface area contributed by atoms with Crippen LogP contribution in [0.5, 0.6) is 0 Å². The summed E-state index contributed by atoms with van der Waals surface area (Å²) in [4.78, 5) is 13.8. The summed E-state index contributed by atoms with van der Waals surface area (Å²) in [5.74, 6) is -2.05. The summed E-state index contributed by atoms with van der Waals surface area (Å²) in [7, 11) is 1.89. The first-order valence-electron chi connectivity index (χ1n) is 5.44. The summed E-state index contributed by atoms with van der Waals surface area (Å²) >= 11 is 1.04. The van der Waals surface area contributed by atoms with Crippen molar-refractivity contribution in [2.24, 2.45) is 0 Å². The minimum atomic E-state index is -4.95. The number of alkyl halides is 3. The summed E-state index contributed by atoms with van der Waals surface area (Å²) in [6, 6.07) is 1.89.